The summed E-state index contributed by atoms with van der Waals surface area (Å²) >= 11 is 5.80. The van der Waals surface area contributed by atoms with Gasteiger partial charge in [-0.25, -0.2) is 0 Å². The Labute approximate surface area is 122 Å². The van der Waals surface area contributed by atoms with Gasteiger partial charge in [-0.3, -0.25) is 9.00 Å². The van der Waals surface area contributed by atoms with Crippen LogP contribution in [0, 0.1) is 5.92 Å². The summed E-state index contributed by atoms with van der Waals surface area (Å²) in [5.74, 6) is 0.984. The molecule has 104 valence electrons. The Morgan fingerprint density at radius 1 is 1.16 bits per heavy atom. The molecular formula is C15H19ClO2S. The Bertz CT molecular complexity index is 450. The van der Waals surface area contributed by atoms with Gasteiger partial charge in [0.2, 0.25) is 0 Å². The first-order valence-corrected chi connectivity index (χ1v) is 8.64. The normalized spacial score (nSPS) is 18.2. The molecule has 0 heterocycles. The second-order valence-electron chi connectivity index (χ2n) is 5.16. The van der Waals surface area contributed by atoms with E-state index >= 15 is 0 Å². The highest BCUT2D eigenvalue weighted by molar-refractivity contribution is 7.84. The largest absolute Gasteiger partial charge is 0.298 e. The lowest BCUT2D eigenvalue weighted by atomic mass is 9.87. The first-order valence-electron chi connectivity index (χ1n) is 6.77. The van der Waals surface area contributed by atoms with Crippen molar-refractivity contribution in [1.82, 2.24) is 0 Å². The van der Waals surface area contributed by atoms with E-state index in [1.165, 1.54) is 6.42 Å². The molecule has 0 aliphatic heterocycles. The summed E-state index contributed by atoms with van der Waals surface area (Å²) in [5, 5.41) is 0.674. The molecule has 0 N–H and O–H groups in total. The zero-order valence-corrected chi connectivity index (χ0v) is 12.5. The third-order valence-corrected chi connectivity index (χ3v) is 5.12. The summed E-state index contributed by atoms with van der Waals surface area (Å²) in [6, 6.07) is 7.31. The van der Waals surface area contributed by atoms with Gasteiger partial charge in [-0.05, 0) is 30.5 Å². The maximum Gasteiger partial charge on any atom is 0.148 e. The van der Waals surface area contributed by atoms with E-state index in [4.69, 9.17) is 11.6 Å². The fraction of sp³-hybridized carbons (Fsp3) is 0.533. The molecule has 1 unspecified atom stereocenters. The van der Waals surface area contributed by atoms with Gasteiger partial charge in [0.1, 0.15) is 5.78 Å². The summed E-state index contributed by atoms with van der Waals surface area (Å²) in [7, 11) is -1.10. The third kappa shape index (κ3) is 4.73. The molecule has 1 aliphatic carbocycles. The molecule has 1 aromatic rings. The van der Waals surface area contributed by atoms with Crippen LogP contribution in [0.2, 0.25) is 5.02 Å². The van der Waals surface area contributed by atoms with Crippen LogP contribution >= 0.6 is 11.6 Å². The van der Waals surface area contributed by atoms with Gasteiger partial charge in [-0.2, -0.15) is 0 Å². The van der Waals surface area contributed by atoms with Crippen molar-refractivity contribution in [2.75, 3.05) is 5.75 Å². The van der Waals surface area contributed by atoms with E-state index < -0.39 is 10.8 Å². The Kier molecular flexibility index (Phi) is 5.59. The van der Waals surface area contributed by atoms with Gasteiger partial charge in [0.05, 0.1) is 5.75 Å². The minimum atomic E-state index is -1.10. The van der Waals surface area contributed by atoms with E-state index in [1.807, 2.05) is 12.1 Å². The number of halogens is 1. The number of rotatable bonds is 5. The van der Waals surface area contributed by atoms with E-state index in [0.29, 0.717) is 10.8 Å². The highest BCUT2D eigenvalue weighted by atomic mass is 35.5. The van der Waals surface area contributed by atoms with Gasteiger partial charge in [-0.1, -0.05) is 43.0 Å². The maximum absolute atomic E-state index is 12.0. The predicted octanol–water partition coefficient (Wildman–Crippen LogP) is 3.74. The Morgan fingerprint density at radius 3 is 2.42 bits per heavy atom. The summed E-state index contributed by atoms with van der Waals surface area (Å²) in [6.45, 7) is 0. The van der Waals surface area contributed by atoms with Crippen molar-refractivity contribution in [3.8, 4) is 0 Å². The number of carbonyl (C=O) groups is 1. The Balaban J connectivity index is 1.83. The van der Waals surface area contributed by atoms with Gasteiger partial charge in [0.15, 0.2) is 0 Å². The lowest BCUT2D eigenvalue weighted by Crippen LogP contribution is -2.23. The standard InChI is InChI=1S/C15H19ClO2S/c16-14-8-6-12(7-9-14)10-19(18)11-15(17)13-4-2-1-3-5-13/h6-9,13H,1-5,10-11H2. The number of Topliss-reactive ketones (excluding diaryl/α,β-unsaturated/α-hetero) is 1. The SMILES string of the molecule is O=C(CS(=O)Cc1ccc(Cl)cc1)C1CCCCC1. The highest BCUT2D eigenvalue weighted by Gasteiger charge is 2.22. The topological polar surface area (TPSA) is 34.1 Å². The average molecular weight is 299 g/mol. The van der Waals surface area contributed by atoms with Crippen molar-refractivity contribution in [3.63, 3.8) is 0 Å². The van der Waals surface area contributed by atoms with E-state index in [9.17, 15) is 9.00 Å². The fourth-order valence-corrected chi connectivity index (χ4v) is 3.86. The van der Waals surface area contributed by atoms with Crippen LogP contribution in [-0.4, -0.2) is 15.7 Å². The monoisotopic (exact) mass is 298 g/mol. The van der Waals surface area contributed by atoms with E-state index in [0.717, 1.165) is 31.2 Å². The lowest BCUT2D eigenvalue weighted by molar-refractivity contribution is -0.121. The molecule has 0 radical (unpaired) electrons. The molecule has 4 heteroatoms. The zero-order chi connectivity index (χ0) is 13.7. The number of hydrogen-bond acceptors (Lipinski definition) is 2. The quantitative estimate of drug-likeness (QED) is 0.830. The molecule has 2 rings (SSSR count). The van der Waals surface area contributed by atoms with Crippen molar-refractivity contribution in [3.05, 3.63) is 34.9 Å². The molecule has 0 spiro atoms. The summed E-state index contributed by atoms with van der Waals surface area (Å²) in [5.41, 5.74) is 0.971. The van der Waals surface area contributed by atoms with Gasteiger partial charge >= 0.3 is 0 Å². The molecule has 2 nitrogen and oxygen atoms in total. The van der Waals surface area contributed by atoms with Crippen LogP contribution in [0.4, 0.5) is 0 Å². The van der Waals surface area contributed by atoms with Crippen LogP contribution in [0.15, 0.2) is 24.3 Å². The molecule has 1 aliphatic rings. The van der Waals surface area contributed by atoms with Crippen LogP contribution < -0.4 is 0 Å². The van der Waals surface area contributed by atoms with Crippen LogP contribution in [0.5, 0.6) is 0 Å². The number of ketones is 1. The highest BCUT2D eigenvalue weighted by Crippen LogP contribution is 2.24. The second kappa shape index (κ2) is 7.20. The Morgan fingerprint density at radius 2 is 1.79 bits per heavy atom. The van der Waals surface area contributed by atoms with Gasteiger partial charge < -0.3 is 0 Å². The molecule has 1 atom stereocenters. The molecule has 0 saturated heterocycles. The number of hydrogen-bond donors (Lipinski definition) is 0. The molecule has 0 amide bonds. The summed E-state index contributed by atoms with van der Waals surface area (Å²) in [6.07, 6.45) is 5.48. The van der Waals surface area contributed by atoms with Crippen LogP contribution in [-0.2, 0) is 21.3 Å². The van der Waals surface area contributed by atoms with E-state index in [-0.39, 0.29) is 17.5 Å². The third-order valence-electron chi connectivity index (χ3n) is 3.60. The number of carbonyl (C=O) groups excluding carboxylic acids is 1. The molecule has 0 aromatic heterocycles. The van der Waals surface area contributed by atoms with Crippen molar-refractivity contribution >= 4 is 28.2 Å². The minimum Gasteiger partial charge on any atom is -0.298 e. The van der Waals surface area contributed by atoms with Gasteiger partial charge in [0, 0.05) is 27.5 Å². The van der Waals surface area contributed by atoms with E-state index in [2.05, 4.69) is 0 Å². The smallest absolute Gasteiger partial charge is 0.148 e. The molecular weight excluding hydrogens is 280 g/mol. The second-order valence-corrected chi connectivity index (χ2v) is 7.05. The molecule has 1 fully saturated rings. The predicted molar refractivity (Wildman–Crippen MR) is 79.7 cm³/mol. The lowest BCUT2D eigenvalue weighted by Gasteiger charge is -2.19. The van der Waals surface area contributed by atoms with Crippen LogP contribution in [0.1, 0.15) is 37.7 Å². The summed E-state index contributed by atoms with van der Waals surface area (Å²) < 4.78 is 12.0. The van der Waals surface area contributed by atoms with Crippen LogP contribution in [0.25, 0.3) is 0 Å². The Hall–Kier alpha value is -0.670. The molecule has 0 bridgehead atoms. The first kappa shape index (κ1) is 14.7. The van der Waals surface area contributed by atoms with E-state index in [1.54, 1.807) is 12.1 Å². The zero-order valence-electron chi connectivity index (χ0n) is 10.9. The van der Waals surface area contributed by atoms with Crippen LogP contribution in [0.3, 0.4) is 0 Å². The molecule has 19 heavy (non-hydrogen) atoms. The molecule has 1 saturated carbocycles. The van der Waals surface area contributed by atoms with Crippen molar-refractivity contribution in [1.29, 1.82) is 0 Å². The maximum atomic E-state index is 12.0. The summed E-state index contributed by atoms with van der Waals surface area (Å²) in [4.78, 5) is 12.0. The van der Waals surface area contributed by atoms with Crippen molar-refractivity contribution < 1.29 is 9.00 Å². The van der Waals surface area contributed by atoms with Crippen molar-refractivity contribution in [2.45, 2.75) is 37.9 Å². The fourth-order valence-electron chi connectivity index (χ4n) is 2.52. The first-order chi connectivity index (χ1) is 9.15. The van der Waals surface area contributed by atoms with Gasteiger partial charge in [0.25, 0.3) is 0 Å². The van der Waals surface area contributed by atoms with Gasteiger partial charge in [-0.15, -0.1) is 0 Å². The van der Waals surface area contributed by atoms with Crippen molar-refractivity contribution in [2.24, 2.45) is 5.92 Å². The number of benzene rings is 1. The molecule has 1 aromatic carbocycles. The minimum absolute atomic E-state index is 0.155. The average Bonchev–Trinajstić information content (AvgIpc) is 2.42.